The first-order valence-electron chi connectivity index (χ1n) is 17.6. The van der Waals surface area contributed by atoms with Crippen molar-refractivity contribution in [3.05, 3.63) is 118 Å². The molecule has 8 rings (SSSR count). The van der Waals surface area contributed by atoms with Crippen molar-refractivity contribution in [3.8, 4) is 0 Å². The number of nitrogens with zero attached hydrogens (tertiary/aromatic N) is 4. The molecule has 276 valence electrons. The number of aromatic amines is 2. The van der Waals surface area contributed by atoms with Gasteiger partial charge in [-0.25, -0.2) is 28.3 Å². The molecule has 4 unspecified atom stereocenters. The summed E-state index contributed by atoms with van der Waals surface area (Å²) in [6.07, 6.45) is 3.85. The van der Waals surface area contributed by atoms with E-state index >= 15 is 8.78 Å². The monoisotopic (exact) mass is 734 g/mol. The first kappa shape index (κ1) is 34.9. The van der Waals surface area contributed by atoms with Crippen LogP contribution in [0.4, 0.5) is 8.78 Å². The summed E-state index contributed by atoms with van der Waals surface area (Å²) in [4.78, 5) is 69.3. The standard InChI is InChI=1S/C40H36F2N6O6/c1-19-27(45-17-43-19)13-21-15-29(37-33(39(21)51)23-7-5-9-25(41)35(23)47(37)3)53-31(49)11-12-32(50)54-30-16-22(14-28-20(2)44-18-46-28)40(52)34-24-8-6-10-26(42)36(24)48(4)38(30)34/h5-12,17-18,21-22,29-30H,13-16H2,1-4H3,(H,43,45)(H,44,46)/b12-11-. The van der Waals surface area contributed by atoms with Crippen molar-refractivity contribution in [2.24, 2.45) is 25.9 Å². The summed E-state index contributed by atoms with van der Waals surface area (Å²) in [5.74, 6) is -4.44. The largest absolute Gasteiger partial charge is 0.453 e. The molecule has 2 N–H and O–H groups in total. The third-order valence-electron chi connectivity index (χ3n) is 10.9. The minimum absolute atomic E-state index is 0.112. The molecule has 4 atom stereocenters. The molecule has 4 heterocycles. The highest BCUT2D eigenvalue weighted by Crippen LogP contribution is 2.44. The van der Waals surface area contributed by atoms with Gasteiger partial charge in [-0.05, 0) is 26.0 Å². The van der Waals surface area contributed by atoms with Crippen molar-refractivity contribution >= 4 is 45.3 Å². The highest BCUT2D eigenvalue weighted by atomic mass is 19.1. The average Bonchev–Trinajstić information content (AvgIpc) is 3.89. The molecule has 4 aromatic heterocycles. The number of Topliss-reactive ketones (excluding diaryl/α,β-unsaturated/α-hetero) is 2. The molecule has 14 heteroatoms. The lowest BCUT2D eigenvalue weighted by molar-refractivity contribution is -0.147. The SMILES string of the molecule is Cc1[nH]cnc1CC1CC(OC(=O)/C=C\C(=O)OC2CC(Cc3nc[nH]c3C)C(=O)c3c2n(C)c2c(F)cccc32)c2c(c3cccc(F)c3n2C)C1=O. The maximum Gasteiger partial charge on any atom is 0.331 e. The third kappa shape index (κ3) is 5.72. The van der Waals surface area contributed by atoms with Crippen LogP contribution in [0.15, 0.2) is 61.2 Å². The Morgan fingerprint density at radius 2 is 1.15 bits per heavy atom. The lowest BCUT2D eigenvalue weighted by Gasteiger charge is -2.29. The number of carbonyl (C=O) groups excluding carboxylic acids is 4. The molecule has 0 saturated carbocycles. The maximum atomic E-state index is 15.1. The van der Waals surface area contributed by atoms with E-state index in [-0.39, 0.29) is 59.4 Å². The second kappa shape index (κ2) is 13.3. The predicted octanol–water partition coefficient (Wildman–Crippen LogP) is 6.33. The van der Waals surface area contributed by atoms with Crippen LogP contribution in [0.2, 0.25) is 0 Å². The molecule has 0 aliphatic heterocycles. The van der Waals surface area contributed by atoms with Gasteiger partial charge in [0, 0.05) is 85.9 Å². The number of ketones is 2. The zero-order chi connectivity index (χ0) is 38.0. The van der Waals surface area contributed by atoms with Crippen LogP contribution < -0.4 is 0 Å². The fraction of sp³-hybridized carbons (Fsp3) is 0.300. The van der Waals surface area contributed by atoms with E-state index in [1.165, 1.54) is 24.3 Å². The Bertz CT molecular complexity index is 2380. The number of halogens is 2. The smallest absolute Gasteiger partial charge is 0.331 e. The summed E-state index contributed by atoms with van der Waals surface area (Å²) in [5.41, 5.74) is 4.71. The van der Waals surface area contributed by atoms with Gasteiger partial charge in [0.15, 0.2) is 11.6 Å². The number of nitrogens with one attached hydrogen (secondary N) is 2. The molecule has 2 aliphatic carbocycles. The van der Waals surface area contributed by atoms with Crippen LogP contribution in [0.1, 0.15) is 79.9 Å². The number of esters is 2. The van der Waals surface area contributed by atoms with Crippen LogP contribution in [-0.2, 0) is 46.0 Å². The Labute approximate surface area is 307 Å². The third-order valence-corrected chi connectivity index (χ3v) is 10.9. The van der Waals surface area contributed by atoms with E-state index in [1.807, 2.05) is 13.8 Å². The van der Waals surface area contributed by atoms with Crippen LogP contribution in [0.25, 0.3) is 21.8 Å². The quantitative estimate of drug-likeness (QED) is 0.136. The maximum absolute atomic E-state index is 15.1. The van der Waals surface area contributed by atoms with Gasteiger partial charge in [-0.1, -0.05) is 24.3 Å². The number of aromatic nitrogens is 6. The molecule has 2 aliphatic rings. The van der Waals surface area contributed by atoms with E-state index in [1.54, 1.807) is 48.0 Å². The average molecular weight is 735 g/mol. The fourth-order valence-electron chi connectivity index (χ4n) is 8.31. The molecule has 6 aromatic rings. The van der Waals surface area contributed by atoms with E-state index in [0.717, 1.165) is 23.5 Å². The number of hydrogen-bond donors (Lipinski definition) is 2. The van der Waals surface area contributed by atoms with Crippen LogP contribution >= 0.6 is 0 Å². The highest BCUT2D eigenvalue weighted by molar-refractivity contribution is 6.12. The summed E-state index contributed by atoms with van der Waals surface area (Å²) < 4.78 is 45.1. The highest BCUT2D eigenvalue weighted by Gasteiger charge is 2.42. The molecule has 54 heavy (non-hydrogen) atoms. The van der Waals surface area contributed by atoms with Crippen LogP contribution in [0, 0.1) is 37.3 Å². The summed E-state index contributed by atoms with van der Waals surface area (Å²) in [5, 5.41) is 0.834. The predicted molar refractivity (Wildman–Crippen MR) is 191 cm³/mol. The summed E-state index contributed by atoms with van der Waals surface area (Å²) >= 11 is 0. The van der Waals surface area contributed by atoms with Gasteiger partial charge >= 0.3 is 11.9 Å². The number of fused-ring (bicyclic) bond motifs is 6. The van der Waals surface area contributed by atoms with Gasteiger partial charge in [0.05, 0.1) is 57.6 Å². The van der Waals surface area contributed by atoms with Gasteiger partial charge in [0.2, 0.25) is 0 Å². The zero-order valence-electron chi connectivity index (χ0n) is 29.9. The minimum atomic E-state index is -0.948. The lowest BCUT2D eigenvalue weighted by Crippen LogP contribution is -2.30. The van der Waals surface area contributed by atoms with Gasteiger partial charge in [-0.2, -0.15) is 0 Å². The molecular formula is C40H36F2N6O6. The number of aryl methyl sites for hydroxylation is 4. The fourth-order valence-corrected chi connectivity index (χ4v) is 8.31. The van der Waals surface area contributed by atoms with Gasteiger partial charge < -0.3 is 28.6 Å². The number of ether oxygens (including phenoxy) is 2. The molecular weight excluding hydrogens is 698 g/mol. The lowest BCUT2D eigenvalue weighted by atomic mass is 9.80. The summed E-state index contributed by atoms with van der Waals surface area (Å²) in [6.45, 7) is 3.70. The van der Waals surface area contributed by atoms with E-state index in [0.29, 0.717) is 33.5 Å². The topological polar surface area (TPSA) is 154 Å². The van der Waals surface area contributed by atoms with E-state index in [2.05, 4.69) is 19.9 Å². The van der Waals surface area contributed by atoms with Crippen LogP contribution in [0.5, 0.6) is 0 Å². The number of H-pyrrole nitrogens is 2. The van der Waals surface area contributed by atoms with E-state index < -0.39 is 47.6 Å². The molecule has 0 fully saturated rings. The number of para-hydroxylation sites is 2. The van der Waals surface area contributed by atoms with Crippen molar-refractivity contribution in [2.45, 2.75) is 51.7 Å². The van der Waals surface area contributed by atoms with Gasteiger partial charge in [0.1, 0.15) is 23.8 Å². The van der Waals surface area contributed by atoms with Crippen molar-refractivity contribution < 1.29 is 37.4 Å². The van der Waals surface area contributed by atoms with Gasteiger partial charge in [0.25, 0.3) is 0 Å². The second-order valence-electron chi connectivity index (χ2n) is 14.0. The number of benzene rings is 2. The van der Waals surface area contributed by atoms with Crippen molar-refractivity contribution in [1.82, 2.24) is 29.1 Å². The minimum Gasteiger partial charge on any atom is -0.453 e. The number of hydrogen-bond acceptors (Lipinski definition) is 8. The Morgan fingerprint density at radius 3 is 1.52 bits per heavy atom. The Balaban J connectivity index is 1.06. The Morgan fingerprint density at radius 1 is 0.741 bits per heavy atom. The number of carbonyl (C=O) groups is 4. The van der Waals surface area contributed by atoms with E-state index in [9.17, 15) is 19.2 Å². The number of rotatable bonds is 8. The van der Waals surface area contributed by atoms with E-state index in [4.69, 9.17) is 9.47 Å². The molecule has 0 spiro atoms. The Kier molecular flexibility index (Phi) is 8.62. The van der Waals surface area contributed by atoms with Crippen molar-refractivity contribution in [1.29, 1.82) is 0 Å². The zero-order valence-corrected chi connectivity index (χ0v) is 29.9. The molecule has 0 amide bonds. The second-order valence-corrected chi connectivity index (χ2v) is 14.0. The molecule has 0 saturated heterocycles. The molecule has 0 bridgehead atoms. The van der Waals surface area contributed by atoms with Crippen molar-refractivity contribution in [3.63, 3.8) is 0 Å². The van der Waals surface area contributed by atoms with Gasteiger partial charge in [-0.15, -0.1) is 0 Å². The first-order valence-corrected chi connectivity index (χ1v) is 17.6. The Hall–Kier alpha value is -6.18. The first-order chi connectivity index (χ1) is 25.9. The van der Waals surface area contributed by atoms with Crippen molar-refractivity contribution in [2.75, 3.05) is 0 Å². The molecule has 2 aromatic carbocycles. The van der Waals surface area contributed by atoms with Crippen LogP contribution in [-0.4, -0.2) is 52.6 Å². The molecule has 12 nitrogen and oxygen atoms in total. The normalized spacial score (nSPS) is 19.8. The van der Waals surface area contributed by atoms with Crippen LogP contribution in [0.3, 0.4) is 0 Å². The summed E-state index contributed by atoms with van der Waals surface area (Å²) in [7, 11) is 3.24. The van der Waals surface area contributed by atoms with Gasteiger partial charge in [-0.3, -0.25) is 9.59 Å². The molecule has 0 radical (unpaired) electrons. The number of imidazole rings is 2. The summed E-state index contributed by atoms with van der Waals surface area (Å²) in [6, 6.07) is 9.00.